The van der Waals surface area contributed by atoms with E-state index in [-0.39, 0.29) is 11.0 Å². The Morgan fingerprint density at radius 3 is 2.73 bits per heavy atom. The predicted octanol–water partition coefficient (Wildman–Crippen LogP) is 3.53. The summed E-state index contributed by atoms with van der Waals surface area (Å²) in [5.74, 6) is 6.12. The quantitative estimate of drug-likeness (QED) is 0.505. The number of nitrogen functional groups attached to an aromatic ring is 1. The van der Waals surface area contributed by atoms with E-state index in [1.165, 1.54) is 24.8 Å². The van der Waals surface area contributed by atoms with E-state index in [0.29, 0.717) is 12.5 Å². The molecule has 2 aliphatic rings. The van der Waals surface area contributed by atoms with Gasteiger partial charge in [0.25, 0.3) is 5.56 Å². The fraction of sp³-hybridized carbons (Fsp3) is 0.429. The third-order valence-corrected chi connectivity index (χ3v) is 5.87. The van der Waals surface area contributed by atoms with E-state index in [9.17, 15) is 4.79 Å². The van der Waals surface area contributed by atoms with Gasteiger partial charge < -0.3 is 0 Å². The largest absolute Gasteiger partial charge is 0.294 e. The molecule has 0 amide bonds. The molecule has 0 unspecified atom stereocenters. The Hall–Kier alpha value is -2.40. The van der Waals surface area contributed by atoms with Crippen molar-refractivity contribution < 1.29 is 0 Å². The van der Waals surface area contributed by atoms with Crippen LogP contribution >= 0.6 is 0 Å². The highest BCUT2D eigenvalue weighted by molar-refractivity contribution is 5.72. The highest BCUT2D eigenvalue weighted by Gasteiger charge is 2.43. The molecular formula is C21H26N4O. The number of nitrogens with two attached hydrogens (primary N) is 1. The standard InChI is InChI=1S/C21H26N4O/c1-14(2)13-25-19(26)17-18(23-20(25)24-22)16-9-5-4-8-15(16)12-21(17)10-6-3-7-11-21/h4-5,8-9H,1,3,6-7,10-13,22H2,2H3,(H,23,24). The SMILES string of the molecule is C=C(C)Cn1c(NN)nc2c(c1=O)C1(CCCCC1)Cc1ccccc1-2. The Labute approximate surface area is 153 Å². The number of rotatable bonds is 3. The molecule has 4 rings (SSSR count). The van der Waals surface area contributed by atoms with Gasteiger partial charge in [0.15, 0.2) is 0 Å². The zero-order chi connectivity index (χ0) is 18.3. The van der Waals surface area contributed by atoms with Crippen LogP contribution < -0.4 is 16.8 Å². The Morgan fingerprint density at radius 2 is 2.04 bits per heavy atom. The first-order chi connectivity index (χ1) is 12.6. The average molecular weight is 350 g/mol. The van der Waals surface area contributed by atoms with Gasteiger partial charge in [-0.15, -0.1) is 0 Å². The molecule has 0 radical (unpaired) electrons. The van der Waals surface area contributed by atoms with Gasteiger partial charge >= 0.3 is 0 Å². The summed E-state index contributed by atoms with van der Waals surface area (Å²) < 4.78 is 1.64. The molecule has 3 N–H and O–H groups in total. The van der Waals surface area contributed by atoms with Crippen LogP contribution in [0.4, 0.5) is 5.95 Å². The van der Waals surface area contributed by atoms with Crippen molar-refractivity contribution in [2.45, 2.75) is 57.4 Å². The molecule has 5 heteroatoms. The monoisotopic (exact) mass is 350 g/mol. The lowest BCUT2D eigenvalue weighted by atomic mass is 9.62. The van der Waals surface area contributed by atoms with Gasteiger partial charge in [0.05, 0.1) is 11.3 Å². The van der Waals surface area contributed by atoms with Gasteiger partial charge in [-0.3, -0.25) is 14.8 Å². The minimum Gasteiger partial charge on any atom is -0.294 e. The second kappa shape index (κ2) is 6.40. The van der Waals surface area contributed by atoms with Crippen LogP contribution in [0.5, 0.6) is 0 Å². The zero-order valence-electron chi connectivity index (χ0n) is 15.3. The molecule has 0 aliphatic heterocycles. The van der Waals surface area contributed by atoms with Crippen LogP contribution in [0.15, 0.2) is 41.2 Å². The minimum absolute atomic E-state index is 0.0300. The summed E-state index contributed by atoms with van der Waals surface area (Å²) in [6.07, 6.45) is 6.60. The highest BCUT2D eigenvalue weighted by atomic mass is 16.1. The molecule has 2 aromatic rings. The molecular weight excluding hydrogens is 324 g/mol. The fourth-order valence-corrected chi connectivity index (χ4v) is 4.77. The van der Waals surface area contributed by atoms with Crippen molar-refractivity contribution in [3.63, 3.8) is 0 Å². The van der Waals surface area contributed by atoms with Gasteiger partial charge in [-0.1, -0.05) is 55.7 Å². The molecule has 1 saturated carbocycles. The summed E-state index contributed by atoms with van der Waals surface area (Å²) in [5.41, 5.74) is 7.50. The smallest absolute Gasteiger partial charge is 0.259 e. The number of hydrazine groups is 1. The summed E-state index contributed by atoms with van der Waals surface area (Å²) in [5, 5.41) is 0. The molecule has 5 nitrogen and oxygen atoms in total. The Balaban J connectivity index is 2.03. The number of nitrogens with zero attached hydrogens (tertiary/aromatic N) is 2. The van der Waals surface area contributed by atoms with E-state index in [4.69, 9.17) is 10.8 Å². The van der Waals surface area contributed by atoms with E-state index in [2.05, 4.69) is 30.2 Å². The topological polar surface area (TPSA) is 72.9 Å². The van der Waals surface area contributed by atoms with Gasteiger partial charge in [0, 0.05) is 17.5 Å². The molecule has 1 aromatic carbocycles. The molecule has 0 bridgehead atoms. The third kappa shape index (κ3) is 2.58. The van der Waals surface area contributed by atoms with Crippen molar-refractivity contribution in [3.05, 3.63) is 57.9 Å². The molecule has 1 heterocycles. The van der Waals surface area contributed by atoms with Gasteiger partial charge in [-0.2, -0.15) is 0 Å². The van der Waals surface area contributed by atoms with Crippen molar-refractivity contribution in [3.8, 4) is 11.3 Å². The van der Waals surface area contributed by atoms with Crippen molar-refractivity contribution in [1.82, 2.24) is 9.55 Å². The number of allylic oxidation sites excluding steroid dienone is 1. The van der Waals surface area contributed by atoms with E-state index in [1.807, 2.05) is 13.0 Å². The third-order valence-electron chi connectivity index (χ3n) is 5.87. The number of nitrogens with one attached hydrogen (secondary N) is 1. The number of hydrogen-bond donors (Lipinski definition) is 2. The molecule has 0 atom stereocenters. The lowest BCUT2D eigenvalue weighted by Crippen LogP contribution is -2.43. The van der Waals surface area contributed by atoms with Gasteiger partial charge in [0.2, 0.25) is 5.95 Å². The maximum atomic E-state index is 13.6. The van der Waals surface area contributed by atoms with E-state index in [1.54, 1.807) is 4.57 Å². The van der Waals surface area contributed by atoms with Crippen LogP contribution in [0.2, 0.25) is 0 Å². The van der Waals surface area contributed by atoms with Crippen LogP contribution in [0.1, 0.15) is 50.2 Å². The Kier molecular flexibility index (Phi) is 4.19. The van der Waals surface area contributed by atoms with Gasteiger partial charge in [-0.25, -0.2) is 10.8 Å². The molecule has 136 valence electrons. The minimum atomic E-state index is -0.101. The second-order valence-corrected chi connectivity index (χ2v) is 7.83. The molecule has 0 saturated heterocycles. The van der Waals surface area contributed by atoms with Crippen molar-refractivity contribution in [2.75, 3.05) is 5.43 Å². The van der Waals surface area contributed by atoms with E-state index in [0.717, 1.165) is 41.7 Å². The fourth-order valence-electron chi connectivity index (χ4n) is 4.77. The Bertz CT molecular complexity index is 922. The van der Waals surface area contributed by atoms with Crippen LogP contribution in [0.3, 0.4) is 0 Å². The molecule has 26 heavy (non-hydrogen) atoms. The lowest BCUT2D eigenvalue weighted by molar-refractivity contribution is 0.283. The molecule has 2 aliphatic carbocycles. The van der Waals surface area contributed by atoms with Crippen LogP contribution in [-0.2, 0) is 18.4 Å². The first kappa shape index (κ1) is 17.0. The number of aromatic nitrogens is 2. The number of fused-ring (bicyclic) bond motifs is 4. The maximum absolute atomic E-state index is 13.6. The van der Waals surface area contributed by atoms with Crippen LogP contribution in [-0.4, -0.2) is 9.55 Å². The van der Waals surface area contributed by atoms with E-state index >= 15 is 0 Å². The Morgan fingerprint density at radius 1 is 1.31 bits per heavy atom. The summed E-state index contributed by atoms with van der Waals surface area (Å²) in [4.78, 5) is 18.4. The molecule has 1 spiro atoms. The molecule has 1 aromatic heterocycles. The second-order valence-electron chi connectivity index (χ2n) is 7.83. The number of hydrogen-bond acceptors (Lipinski definition) is 4. The normalized spacial score (nSPS) is 17.5. The lowest BCUT2D eigenvalue weighted by Gasteiger charge is -2.42. The maximum Gasteiger partial charge on any atom is 0.259 e. The van der Waals surface area contributed by atoms with Gasteiger partial charge in [0.1, 0.15) is 0 Å². The number of benzene rings is 1. The summed E-state index contributed by atoms with van der Waals surface area (Å²) in [6.45, 7) is 6.30. The van der Waals surface area contributed by atoms with Crippen molar-refractivity contribution in [1.29, 1.82) is 0 Å². The van der Waals surface area contributed by atoms with E-state index < -0.39 is 0 Å². The van der Waals surface area contributed by atoms with Crippen LogP contribution in [0, 0.1) is 0 Å². The molecule has 1 fully saturated rings. The predicted molar refractivity (Wildman–Crippen MR) is 105 cm³/mol. The summed E-state index contributed by atoms with van der Waals surface area (Å²) in [6, 6.07) is 8.33. The van der Waals surface area contributed by atoms with Crippen LogP contribution in [0.25, 0.3) is 11.3 Å². The highest BCUT2D eigenvalue weighted by Crippen LogP contribution is 2.48. The summed E-state index contributed by atoms with van der Waals surface area (Å²) in [7, 11) is 0. The first-order valence-corrected chi connectivity index (χ1v) is 9.40. The van der Waals surface area contributed by atoms with Crippen molar-refractivity contribution >= 4 is 5.95 Å². The van der Waals surface area contributed by atoms with Crippen molar-refractivity contribution in [2.24, 2.45) is 5.84 Å². The average Bonchev–Trinajstić information content (AvgIpc) is 2.64. The zero-order valence-corrected chi connectivity index (χ0v) is 15.3. The van der Waals surface area contributed by atoms with Gasteiger partial charge in [-0.05, 0) is 31.7 Å². The number of anilines is 1. The summed E-state index contributed by atoms with van der Waals surface area (Å²) >= 11 is 0. The first-order valence-electron chi connectivity index (χ1n) is 9.40.